The second kappa shape index (κ2) is 14.9. The second-order valence-corrected chi connectivity index (χ2v) is 6.22. The number of hydrogen-bond acceptors (Lipinski definition) is 2. The molecule has 0 spiro atoms. The lowest BCUT2D eigenvalue weighted by molar-refractivity contribution is -0.142. The van der Waals surface area contributed by atoms with Crippen LogP contribution in [0.1, 0.15) is 90.4 Å². The van der Waals surface area contributed by atoms with Crippen molar-refractivity contribution in [1.29, 1.82) is 0 Å². The highest BCUT2D eigenvalue weighted by Crippen LogP contribution is 2.23. The van der Waals surface area contributed by atoms with E-state index in [1.807, 2.05) is 0 Å². The van der Waals surface area contributed by atoms with Crippen LogP contribution in [0, 0.1) is 5.92 Å². The van der Waals surface area contributed by atoms with Crippen molar-refractivity contribution in [3.8, 4) is 0 Å². The Morgan fingerprint density at radius 2 is 1.50 bits per heavy atom. The van der Waals surface area contributed by atoms with Crippen molar-refractivity contribution in [1.82, 2.24) is 5.32 Å². The Morgan fingerprint density at radius 3 is 1.95 bits per heavy atom. The summed E-state index contributed by atoms with van der Waals surface area (Å²) in [4.78, 5) is 21.2. The molecule has 2 N–H and O–H groups in total. The molecule has 1 aliphatic rings. The molecule has 1 fully saturated rings. The van der Waals surface area contributed by atoms with Gasteiger partial charge < -0.3 is 10.4 Å². The topological polar surface area (TPSA) is 66.4 Å². The fraction of sp³-hybridized carbons (Fsp3) is 0.889. The summed E-state index contributed by atoms with van der Waals surface area (Å²) in [7, 11) is 1.70. The molecule has 0 unspecified atom stereocenters. The Balaban J connectivity index is 0.000000425. The van der Waals surface area contributed by atoms with Crippen LogP contribution in [0.25, 0.3) is 0 Å². The highest BCUT2D eigenvalue weighted by atomic mass is 16.4. The third kappa shape index (κ3) is 12.7. The van der Waals surface area contributed by atoms with Gasteiger partial charge >= 0.3 is 5.97 Å². The molecule has 0 bridgehead atoms. The number of aliphatic carboxylic acids is 1. The highest BCUT2D eigenvalue weighted by Gasteiger charge is 2.19. The summed E-state index contributed by atoms with van der Waals surface area (Å²) >= 11 is 0. The summed E-state index contributed by atoms with van der Waals surface area (Å²) in [5, 5.41) is 11.2. The van der Waals surface area contributed by atoms with Gasteiger partial charge in [0.15, 0.2) is 0 Å². The minimum atomic E-state index is -0.602. The van der Waals surface area contributed by atoms with Gasteiger partial charge in [-0.2, -0.15) is 0 Å². The molecule has 0 heterocycles. The molecule has 0 radical (unpaired) electrons. The molecule has 0 aliphatic heterocycles. The van der Waals surface area contributed by atoms with Crippen molar-refractivity contribution in [2.45, 2.75) is 90.4 Å². The third-order valence-corrected chi connectivity index (χ3v) is 4.24. The van der Waals surface area contributed by atoms with E-state index < -0.39 is 5.97 Å². The SMILES string of the molecule is CCCCCCCCCC(=O)NC.O=C(O)C1CCCCC1. The van der Waals surface area contributed by atoms with Crippen LogP contribution in [-0.4, -0.2) is 24.0 Å². The number of amides is 1. The van der Waals surface area contributed by atoms with Crippen LogP contribution >= 0.6 is 0 Å². The van der Waals surface area contributed by atoms with E-state index in [-0.39, 0.29) is 11.8 Å². The Hall–Kier alpha value is -1.06. The first kappa shape index (κ1) is 20.9. The largest absolute Gasteiger partial charge is 0.481 e. The molecule has 1 rings (SSSR count). The monoisotopic (exact) mass is 313 g/mol. The number of carboxylic acid groups (broad SMARTS) is 1. The van der Waals surface area contributed by atoms with Gasteiger partial charge in [-0.05, 0) is 19.3 Å². The van der Waals surface area contributed by atoms with Gasteiger partial charge in [-0.1, -0.05) is 64.7 Å². The average molecular weight is 313 g/mol. The number of carbonyl (C=O) groups is 2. The molecular weight excluding hydrogens is 278 g/mol. The van der Waals surface area contributed by atoms with Gasteiger partial charge in [-0.3, -0.25) is 9.59 Å². The van der Waals surface area contributed by atoms with Crippen molar-refractivity contribution in [3.63, 3.8) is 0 Å². The number of hydrogen-bond donors (Lipinski definition) is 2. The molecule has 1 saturated carbocycles. The van der Waals surface area contributed by atoms with Gasteiger partial charge in [0.2, 0.25) is 5.91 Å². The minimum absolute atomic E-state index is 0.0289. The maximum absolute atomic E-state index is 10.8. The van der Waals surface area contributed by atoms with Gasteiger partial charge in [0, 0.05) is 13.5 Å². The molecule has 0 saturated heterocycles. The van der Waals surface area contributed by atoms with Crippen molar-refractivity contribution >= 4 is 11.9 Å². The Kier molecular flexibility index (Phi) is 14.1. The zero-order valence-corrected chi connectivity index (χ0v) is 14.5. The summed E-state index contributed by atoms with van der Waals surface area (Å²) in [6, 6.07) is 0. The first-order valence-corrected chi connectivity index (χ1v) is 9.05. The smallest absolute Gasteiger partial charge is 0.306 e. The molecule has 0 atom stereocenters. The average Bonchev–Trinajstić information content (AvgIpc) is 2.55. The molecule has 1 aliphatic carbocycles. The Bertz CT molecular complexity index is 286. The van der Waals surface area contributed by atoms with Crippen molar-refractivity contribution in [2.75, 3.05) is 7.05 Å². The van der Waals surface area contributed by atoms with Crippen LogP contribution < -0.4 is 5.32 Å². The number of nitrogens with one attached hydrogen (secondary N) is 1. The third-order valence-electron chi connectivity index (χ3n) is 4.24. The summed E-state index contributed by atoms with van der Waals surface area (Å²) in [5.41, 5.74) is 0. The Morgan fingerprint density at radius 1 is 0.955 bits per heavy atom. The first-order chi connectivity index (χ1) is 10.6. The molecule has 0 aromatic rings. The van der Waals surface area contributed by atoms with E-state index in [4.69, 9.17) is 5.11 Å². The van der Waals surface area contributed by atoms with E-state index in [9.17, 15) is 9.59 Å². The van der Waals surface area contributed by atoms with Crippen LogP contribution in [0.4, 0.5) is 0 Å². The van der Waals surface area contributed by atoms with Crippen LogP contribution in [0.2, 0.25) is 0 Å². The zero-order chi connectivity index (χ0) is 16.6. The van der Waals surface area contributed by atoms with Gasteiger partial charge in [0.05, 0.1) is 5.92 Å². The van der Waals surface area contributed by atoms with Crippen LogP contribution in [0.5, 0.6) is 0 Å². The predicted octanol–water partition coefficient (Wildman–Crippen LogP) is 4.52. The standard InChI is InChI=1S/C11H23NO.C7H12O2/c1-3-4-5-6-7-8-9-10-11(13)12-2;8-7(9)6-4-2-1-3-5-6/h3-10H2,1-2H3,(H,12,13);6H,1-5H2,(H,8,9). The highest BCUT2D eigenvalue weighted by molar-refractivity contribution is 5.75. The van der Waals surface area contributed by atoms with E-state index in [0.29, 0.717) is 6.42 Å². The van der Waals surface area contributed by atoms with E-state index in [0.717, 1.165) is 32.1 Å². The van der Waals surface area contributed by atoms with Gasteiger partial charge in [0.1, 0.15) is 0 Å². The van der Waals surface area contributed by atoms with Crippen molar-refractivity contribution in [3.05, 3.63) is 0 Å². The fourth-order valence-corrected chi connectivity index (χ4v) is 2.72. The zero-order valence-electron chi connectivity index (χ0n) is 14.5. The lowest BCUT2D eigenvalue weighted by Crippen LogP contribution is -2.16. The van der Waals surface area contributed by atoms with Crippen LogP contribution in [0.15, 0.2) is 0 Å². The first-order valence-electron chi connectivity index (χ1n) is 9.05. The van der Waals surface area contributed by atoms with Crippen molar-refractivity contribution in [2.24, 2.45) is 5.92 Å². The fourth-order valence-electron chi connectivity index (χ4n) is 2.72. The minimum Gasteiger partial charge on any atom is -0.481 e. The normalized spacial score (nSPS) is 14.8. The lowest BCUT2D eigenvalue weighted by atomic mass is 9.90. The molecule has 0 aromatic heterocycles. The quantitative estimate of drug-likeness (QED) is 0.615. The van der Waals surface area contributed by atoms with Gasteiger partial charge in [-0.25, -0.2) is 0 Å². The molecule has 0 aromatic carbocycles. The summed E-state index contributed by atoms with van der Waals surface area (Å²) in [6.07, 6.45) is 14.8. The maximum atomic E-state index is 10.8. The second-order valence-electron chi connectivity index (χ2n) is 6.22. The number of carboxylic acids is 1. The van der Waals surface area contributed by atoms with Crippen LogP contribution in [0.3, 0.4) is 0 Å². The van der Waals surface area contributed by atoms with E-state index in [2.05, 4.69) is 12.2 Å². The summed E-state index contributed by atoms with van der Waals surface area (Å²) < 4.78 is 0. The van der Waals surface area contributed by atoms with Gasteiger partial charge in [-0.15, -0.1) is 0 Å². The molecule has 4 nitrogen and oxygen atoms in total. The van der Waals surface area contributed by atoms with E-state index in [1.165, 1.54) is 44.9 Å². The lowest BCUT2D eigenvalue weighted by Gasteiger charge is -2.16. The van der Waals surface area contributed by atoms with Crippen LogP contribution in [-0.2, 0) is 9.59 Å². The number of rotatable bonds is 9. The summed E-state index contributed by atoms with van der Waals surface area (Å²) in [6.45, 7) is 2.23. The predicted molar refractivity (Wildman–Crippen MR) is 90.9 cm³/mol. The van der Waals surface area contributed by atoms with Crippen molar-refractivity contribution < 1.29 is 14.7 Å². The molecular formula is C18H35NO3. The van der Waals surface area contributed by atoms with E-state index in [1.54, 1.807) is 7.05 Å². The molecule has 4 heteroatoms. The Labute approximate surface area is 136 Å². The van der Waals surface area contributed by atoms with Gasteiger partial charge in [0.25, 0.3) is 0 Å². The molecule has 1 amide bonds. The molecule has 130 valence electrons. The number of carbonyl (C=O) groups excluding carboxylic acids is 1. The maximum Gasteiger partial charge on any atom is 0.306 e. The van der Waals surface area contributed by atoms with E-state index >= 15 is 0 Å². The number of unbranched alkanes of at least 4 members (excludes halogenated alkanes) is 6. The molecule has 22 heavy (non-hydrogen) atoms. The summed E-state index contributed by atoms with van der Waals surface area (Å²) in [5.74, 6) is -0.456.